The first-order valence-corrected chi connectivity index (χ1v) is 7.25. The lowest BCUT2D eigenvalue weighted by Gasteiger charge is -2.05. The molecule has 0 fully saturated rings. The molecule has 2 aromatic heterocycles. The fraction of sp³-hybridized carbons (Fsp3) is 0. The third kappa shape index (κ3) is 2.50. The van der Waals surface area contributed by atoms with Gasteiger partial charge in [-0.15, -0.1) is 10.2 Å². The average molecular weight is 387 g/mol. The first-order valence-electron chi connectivity index (χ1n) is 5.70. The molecule has 3 aromatic rings. The van der Waals surface area contributed by atoms with Crippen LogP contribution in [0.25, 0.3) is 17.0 Å². The minimum atomic E-state index is -1.08. The van der Waals surface area contributed by atoms with Crippen LogP contribution in [0.2, 0.25) is 10.0 Å². The second-order valence-electron chi connectivity index (χ2n) is 4.22. The Labute approximate surface area is 137 Å². The molecule has 0 saturated heterocycles. The molecule has 3 rings (SSSR count). The van der Waals surface area contributed by atoms with Gasteiger partial charge >= 0.3 is 5.97 Å². The van der Waals surface area contributed by atoms with Crippen molar-refractivity contribution >= 4 is 50.7 Å². The third-order valence-electron chi connectivity index (χ3n) is 2.88. The van der Waals surface area contributed by atoms with Crippen molar-refractivity contribution in [2.45, 2.75) is 0 Å². The van der Waals surface area contributed by atoms with Crippen molar-refractivity contribution in [2.24, 2.45) is 0 Å². The summed E-state index contributed by atoms with van der Waals surface area (Å²) >= 11 is 15.4. The van der Waals surface area contributed by atoms with Crippen molar-refractivity contribution in [1.82, 2.24) is 14.6 Å². The van der Waals surface area contributed by atoms with Crippen molar-refractivity contribution < 1.29 is 9.90 Å². The van der Waals surface area contributed by atoms with Crippen molar-refractivity contribution in [3.8, 4) is 11.4 Å². The monoisotopic (exact) mass is 385 g/mol. The zero-order valence-corrected chi connectivity index (χ0v) is 13.3. The maximum Gasteiger partial charge on any atom is 0.337 e. The molecule has 0 radical (unpaired) electrons. The summed E-state index contributed by atoms with van der Waals surface area (Å²) in [6.45, 7) is 0. The number of carboxylic acids is 1. The number of fused-ring (bicyclic) bond motifs is 1. The van der Waals surface area contributed by atoms with Crippen molar-refractivity contribution in [1.29, 1.82) is 0 Å². The quantitative estimate of drug-likeness (QED) is 0.717. The standard InChI is InChI=1S/C13H6BrCl2N3O2/c14-9-4-7(15)1-2-8(9)11-17-18-12-10(16)3-6(13(20)21)5-19(11)12/h1-5H,(H,20,21). The number of carbonyl (C=O) groups is 1. The number of hydrogen-bond acceptors (Lipinski definition) is 3. The van der Waals surface area contributed by atoms with Crippen LogP contribution >= 0.6 is 39.1 Å². The summed E-state index contributed by atoms with van der Waals surface area (Å²) in [6, 6.07) is 6.55. The van der Waals surface area contributed by atoms with Gasteiger partial charge in [-0.1, -0.05) is 23.2 Å². The fourth-order valence-corrected chi connectivity index (χ4v) is 3.03. The predicted octanol–water partition coefficient (Wildman–Crippen LogP) is 4.16. The molecule has 106 valence electrons. The predicted molar refractivity (Wildman–Crippen MR) is 83.1 cm³/mol. The Hall–Kier alpha value is -1.63. The SMILES string of the molecule is O=C(O)c1cc(Cl)c2nnc(-c3ccc(Cl)cc3Br)n2c1. The first-order chi connectivity index (χ1) is 9.97. The molecule has 0 amide bonds. The van der Waals surface area contributed by atoms with E-state index in [0.717, 1.165) is 10.0 Å². The molecule has 0 unspecified atom stereocenters. The van der Waals surface area contributed by atoms with Gasteiger partial charge in [0.05, 0.1) is 10.6 Å². The molecule has 0 aliphatic carbocycles. The van der Waals surface area contributed by atoms with E-state index >= 15 is 0 Å². The van der Waals surface area contributed by atoms with Crippen LogP contribution in [0.1, 0.15) is 10.4 Å². The molecule has 0 aliphatic rings. The molecule has 1 aromatic carbocycles. The smallest absolute Gasteiger partial charge is 0.337 e. The number of benzene rings is 1. The molecular formula is C13H6BrCl2N3O2. The Morgan fingerprint density at radius 3 is 2.67 bits per heavy atom. The largest absolute Gasteiger partial charge is 0.478 e. The Morgan fingerprint density at radius 2 is 2.00 bits per heavy atom. The molecule has 2 heterocycles. The summed E-state index contributed by atoms with van der Waals surface area (Å²) in [4.78, 5) is 11.1. The average Bonchev–Trinajstić information content (AvgIpc) is 2.83. The highest BCUT2D eigenvalue weighted by molar-refractivity contribution is 9.10. The van der Waals surface area contributed by atoms with Crippen LogP contribution in [-0.4, -0.2) is 25.7 Å². The van der Waals surface area contributed by atoms with Gasteiger partial charge in [0.2, 0.25) is 0 Å². The third-order valence-corrected chi connectivity index (χ3v) is 4.05. The van der Waals surface area contributed by atoms with Crippen LogP contribution in [0.5, 0.6) is 0 Å². The summed E-state index contributed by atoms with van der Waals surface area (Å²) < 4.78 is 2.26. The number of rotatable bonds is 2. The van der Waals surface area contributed by atoms with Crippen molar-refractivity contribution in [3.05, 3.63) is 50.5 Å². The minimum absolute atomic E-state index is 0.0543. The van der Waals surface area contributed by atoms with E-state index in [1.54, 1.807) is 22.6 Å². The van der Waals surface area contributed by atoms with Crippen LogP contribution in [0.3, 0.4) is 0 Å². The number of nitrogens with zero attached hydrogens (tertiary/aromatic N) is 3. The van der Waals surface area contributed by atoms with E-state index in [0.29, 0.717) is 16.5 Å². The molecule has 0 spiro atoms. The van der Waals surface area contributed by atoms with Gasteiger partial charge in [0.15, 0.2) is 11.5 Å². The maximum absolute atomic E-state index is 11.1. The van der Waals surface area contributed by atoms with Gasteiger partial charge in [-0.05, 0) is 40.2 Å². The fourth-order valence-electron chi connectivity index (χ4n) is 1.93. The highest BCUT2D eigenvalue weighted by Crippen LogP contribution is 2.31. The number of pyridine rings is 1. The van der Waals surface area contributed by atoms with Crippen molar-refractivity contribution in [3.63, 3.8) is 0 Å². The van der Waals surface area contributed by atoms with E-state index < -0.39 is 5.97 Å². The number of carboxylic acid groups (broad SMARTS) is 1. The molecule has 0 saturated carbocycles. The minimum Gasteiger partial charge on any atom is -0.478 e. The van der Waals surface area contributed by atoms with Gasteiger partial charge < -0.3 is 5.11 Å². The molecular weight excluding hydrogens is 381 g/mol. The van der Waals surface area contributed by atoms with Gasteiger partial charge in [0.25, 0.3) is 0 Å². The molecule has 21 heavy (non-hydrogen) atoms. The van der Waals surface area contributed by atoms with Gasteiger partial charge in [-0.3, -0.25) is 4.40 Å². The van der Waals surface area contributed by atoms with E-state index in [2.05, 4.69) is 26.1 Å². The lowest BCUT2D eigenvalue weighted by Crippen LogP contribution is -2.00. The normalized spacial score (nSPS) is 11.0. The summed E-state index contributed by atoms with van der Waals surface area (Å²) in [5.74, 6) is -0.604. The number of aromatic carboxylic acids is 1. The van der Waals surface area contributed by atoms with E-state index in [9.17, 15) is 4.79 Å². The maximum atomic E-state index is 11.1. The molecule has 0 aliphatic heterocycles. The topological polar surface area (TPSA) is 67.5 Å². The highest BCUT2D eigenvalue weighted by Gasteiger charge is 2.16. The van der Waals surface area contributed by atoms with Crippen LogP contribution < -0.4 is 0 Å². The van der Waals surface area contributed by atoms with Gasteiger partial charge in [-0.25, -0.2) is 4.79 Å². The first kappa shape index (κ1) is 14.3. The second kappa shape index (κ2) is 5.29. The molecule has 0 bridgehead atoms. The van der Waals surface area contributed by atoms with E-state index in [1.807, 2.05) is 0 Å². The second-order valence-corrected chi connectivity index (χ2v) is 5.92. The summed E-state index contributed by atoms with van der Waals surface area (Å²) in [7, 11) is 0. The summed E-state index contributed by atoms with van der Waals surface area (Å²) in [5, 5.41) is 18.0. The van der Waals surface area contributed by atoms with E-state index in [-0.39, 0.29) is 10.6 Å². The Bertz CT molecular complexity index is 879. The Morgan fingerprint density at radius 1 is 1.24 bits per heavy atom. The lowest BCUT2D eigenvalue weighted by molar-refractivity contribution is 0.0696. The van der Waals surface area contributed by atoms with Gasteiger partial charge in [0, 0.05) is 21.3 Å². The molecule has 5 nitrogen and oxygen atoms in total. The zero-order chi connectivity index (χ0) is 15.1. The number of aromatic nitrogens is 3. The highest BCUT2D eigenvalue weighted by atomic mass is 79.9. The van der Waals surface area contributed by atoms with Crippen LogP contribution in [0.4, 0.5) is 0 Å². The van der Waals surface area contributed by atoms with E-state index in [4.69, 9.17) is 28.3 Å². The molecule has 1 N–H and O–H groups in total. The van der Waals surface area contributed by atoms with Crippen LogP contribution in [0.15, 0.2) is 34.9 Å². The zero-order valence-electron chi connectivity index (χ0n) is 10.2. The van der Waals surface area contributed by atoms with Crippen LogP contribution in [0, 0.1) is 0 Å². The number of hydrogen-bond donors (Lipinski definition) is 1. The van der Waals surface area contributed by atoms with Gasteiger partial charge in [-0.2, -0.15) is 0 Å². The summed E-state index contributed by atoms with van der Waals surface area (Å²) in [5.41, 5.74) is 1.17. The number of halogens is 3. The summed E-state index contributed by atoms with van der Waals surface area (Å²) in [6.07, 6.45) is 1.43. The lowest BCUT2D eigenvalue weighted by atomic mass is 10.2. The van der Waals surface area contributed by atoms with Gasteiger partial charge in [0.1, 0.15) is 0 Å². The van der Waals surface area contributed by atoms with Crippen LogP contribution in [-0.2, 0) is 0 Å². The molecule has 8 heteroatoms. The van der Waals surface area contributed by atoms with E-state index in [1.165, 1.54) is 12.3 Å². The Kier molecular flexibility index (Phi) is 3.61. The Balaban J connectivity index is 2.30. The van der Waals surface area contributed by atoms with Crippen molar-refractivity contribution in [2.75, 3.05) is 0 Å². The molecule has 0 atom stereocenters.